The van der Waals surface area contributed by atoms with Gasteiger partial charge in [-0.25, -0.2) is 0 Å². The molecule has 0 saturated carbocycles. The van der Waals surface area contributed by atoms with E-state index in [1.165, 1.54) is 0 Å². The Balaban J connectivity index is 1.09. The van der Waals surface area contributed by atoms with Crippen LogP contribution in [-0.2, 0) is 28.3 Å². The molecule has 7 rings (SSSR count). The molecule has 5 aromatic carbocycles. The second kappa shape index (κ2) is 14.7. The zero-order chi connectivity index (χ0) is 36.2. The molecule has 0 spiro atoms. The highest BCUT2D eigenvalue weighted by Gasteiger charge is 2.52. The van der Waals surface area contributed by atoms with Crippen LogP contribution in [0.15, 0.2) is 140 Å². The van der Waals surface area contributed by atoms with Crippen molar-refractivity contribution in [1.29, 1.82) is 0 Å². The highest BCUT2D eigenvalue weighted by Crippen LogP contribution is 2.46. The van der Waals surface area contributed by atoms with Gasteiger partial charge in [-0.15, -0.1) is 0 Å². The van der Waals surface area contributed by atoms with E-state index in [4.69, 9.17) is 4.74 Å². The van der Waals surface area contributed by atoms with Gasteiger partial charge >= 0.3 is 0 Å². The maximum atomic E-state index is 14.1. The molecule has 9 nitrogen and oxygen atoms in total. The van der Waals surface area contributed by atoms with Gasteiger partial charge in [0.1, 0.15) is 5.75 Å². The molecule has 0 saturated heterocycles. The van der Waals surface area contributed by atoms with Crippen molar-refractivity contribution in [2.45, 2.75) is 32.0 Å². The smallest absolute Gasteiger partial charge is 0.266 e. The fourth-order valence-electron chi connectivity index (χ4n) is 6.91. The Morgan fingerprint density at radius 3 is 2.21 bits per heavy atom. The van der Waals surface area contributed by atoms with Crippen LogP contribution in [0, 0.1) is 5.92 Å². The van der Waals surface area contributed by atoms with Gasteiger partial charge in [-0.2, -0.15) is 0 Å². The van der Waals surface area contributed by atoms with Crippen molar-refractivity contribution in [3.63, 3.8) is 0 Å². The number of ether oxygens (including phenoxy) is 1. The number of fused-ring (bicyclic) bond motifs is 3. The van der Waals surface area contributed by atoms with E-state index in [1.807, 2.05) is 97.1 Å². The van der Waals surface area contributed by atoms with Gasteiger partial charge in [0, 0.05) is 36.7 Å². The summed E-state index contributed by atoms with van der Waals surface area (Å²) in [5.74, 6) is -0.453. The summed E-state index contributed by atoms with van der Waals surface area (Å²) in [6.07, 6.45) is 3.45. The molecule has 2 N–H and O–H groups in total. The Hall–Kier alpha value is -6.03. The Bertz CT molecular complexity index is 2130. The number of para-hydroxylation sites is 4. The molecule has 262 valence electrons. The number of amides is 3. The van der Waals surface area contributed by atoms with E-state index in [-0.39, 0.29) is 37.9 Å². The molecular weight excluding hydrogens is 654 g/mol. The summed E-state index contributed by atoms with van der Waals surface area (Å²) in [5, 5.41) is 21.7. The maximum absolute atomic E-state index is 14.1. The zero-order valence-corrected chi connectivity index (χ0v) is 28.8. The third kappa shape index (κ3) is 6.48. The molecule has 3 amide bonds. The number of rotatable bonds is 11. The molecule has 2 atom stereocenters. The van der Waals surface area contributed by atoms with E-state index in [9.17, 15) is 24.6 Å². The van der Waals surface area contributed by atoms with Crippen LogP contribution in [0.3, 0.4) is 0 Å². The van der Waals surface area contributed by atoms with Crippen molar-refractivity contribution in [2.75, 3.05) is 23.0 Å². The highest BCUT2D eigenvalue weighted by molar-refractivity contribution is 6.14. The first-order valence-corrected chi connectivity index (χ1v) is 17.3. The third-order valence-corrected chi connectivity index (χ3v) is 9.67. The topological polar surface area (TPSA) is 111 Å². The van der Waals surface area contributed by atoms with Crippen LogP contribution in [0.1, 0.15) is 40.4 Å². The minimum Gasteiger partial charge on any atom is -0.454 e. The second-order valence-electron chi connectivity index (χ2n) is 13.0. The molecule has 2 heterocycles. The Morgan fingerprint density at radius 1 is 0.808 bits per heavy atom. The maximum Gasteiger partial charge on any atom is 0.266 e. The number of benzene rings is 5. The fourth-order valence-corrected chi connectivity index (χ4v) is 6.91. The summed E-state index contributed by atoms with van der Waals surface area (Å²) < 4.78 is 6.14. The summed E-state index contributed by atoms with van der Waals surface area (Å²) in [5.41, 5.74) is 2.73. The van der Waals surface area contributed by atoms with Crippen LogP contribution in [0.5, 0.6) is 11.5 Å². The van der Waals surface area contributed by atoms with Gasteiger partial charge in [-0.3, -0.25) is 19.3 Å². The number of nitrogens with zero attached hydrogens (tertiary/aromatic N) is 3. The normalized spacial score (nSPS) is 16.9. The number of hydrogen-bond donors (Lipinski definition) is 2. The van der Waals surface area contributed by atoms with Crippen LogP contribution in [0.25, 0.3) is 0 Å². The number of anilines is 3. The first-order chi connectivity index (χ1) is 25.3. The number of carbonyl (C=O) groups excluding carboxylic acids is 3. The molecule has 2 aliphatic heterocycles. The van der Waals surface area contributed by atoms with E-state index in [1.54, 1.807) is 64.1 Å². The average molecular weight is 694 g/mol. The Morgan fingerprint density at radius 2 is 1.46 bits per heavy atom. The lowest BCUT2D eigenvalue weighted by Crippen LogP contribution is -2.44. The largest absolute Gasteiger partial charge is 0.454 e. The standard InChI is InChI=1S/C43H39N3O6/c1-30(12-11-21-40(48)44(26-27-47)28-31-13-3-2-4-14-31)43(51)35-16-6-7-17-36(35)45(42(43)50)29-32-22-24-33(25-23-32)46-37-18-8-10-20-39(37)52-38-19-9-5-15-34(38)41(46)49/h2-20,22-25,30,47,51H,21,26-29H2,1H3/b12-11+/t30-,43+/m1/s1. The van der Waals surface area contributed by atoms with Gasteiger partial charge in [0.15, 0.2) is 11.4 Å². The predicted octanol–water partition coefficient (Wildman–Crippen LogP) is 7.11. The molecule has 0 aromatic heterocycles. The summed E-state index contributed by atoms with van der Waals surface area (Å²) in [7, 11) is 0. The van der Waals surface area contributed by atoms with Crippen LogP contribution in [-0.4, -0.2) is 46.0 Å². The lowest BCUT2D eigenvalue weighted by atomic mass is 9.83. The van der Waals surface area contributed by atoms with Gasteiger partial charge in [0.25, 0.3) is 11.8 Å². The number of hydrogen-bond acceptors (Lipinski definition) is 6. The highest BCUT2D eigenvalue weighted by atomic mass is 16.5. The number of aliphatic hydroxyl groups is 2. The van der Waals surface area contributed by atoms with Crippen LogP contribution < -0.4 is 14.5 Å². The fraction of sp³-hybridized carbons (Fsp3) is 0.186. The van der Waals surface area contributed by atoms with Crippen molar-refractivity contribution < 1.29 is 29.3 Å². The molecule has 0 aliphatic carbocycles. The molecule has 0 unspecified atom stereocenters. The predicted molar refractivity (Wildman–Crippen MR) is 199 cm³/mol. The van der Waals surface area contributed by atoms with Crippen LogP contribution in [0.2, 0.25) is 0 Å². The first kappa shape index (κ1) is 34.4. The van der Waals surface area contributed by atoms with Crippen molar-refractivity contribution in [3.8, 4) is 11.5 Å². The SMILES string of the molecule is C[C@H](/C=C/CC(=O)N(CCO)Cc1ccccc1)[C@@]1(O)C(=O)N(Cc2ccc(N3C(=O)c4ccccc4Oc4ccccc43)cc2)c2ccccc21. The van der Waals surface area contributed by atoms with E-state index in [0.717, 1.165) is 11.1 Å². The molecule has 0 bridgehead atoms. The van der Waals surface area contributed by atoms with Crippen LogP contribution in [0.4, 0.5) is 17.1 Å². The molecule has 0 radical (unpaired) electrons. The summed E-state index contributed by atoms with van der Waals surface area (Å²) in [4.78, 5) is 45.9. The summed E-state index contributed by atoms with van der Waals surface area (Å²) in [6.45, 7) is 2.38. The molecule has 0 fully saturated rings. The molecular formula is C43H39N3O6. The monoisotopic (exact) mass is 693 g/mol. The quantitative estimate of drug-likeness (QED) is 0.143. The van der Waals surface area contributed by atoms with Crippen molar-refractivity contribution in [1.82, 2.24) is 4.90 Å². The van der Waals surface area contributed by atoms with Crippen molar-refractivity contribution in [2.24, 2.45) is 5.92 Å². The van der Waals surface area contributed by atoms with Crippen molar-refractivity contribution in [3.05, 3.63) is 162 Å². The van der Waals surface area contributed by atoms with Crippen LogP contribution >= 0.6 is 0 Å². The average Bonchev–Trinajstić information content (AvgIpc) is 3.30. The lowest BCUT2D eigenvalue weighted by Gasteiger charge is -2.28. The molecule has 9 heteroatoms. The molecule has 2 aliphatic rings. The minimum atomic E-state index is -1.85. The Labute approximate surface area is 302 Å². The van der Waals surface area contributed by atoms with Gasteiger partial charge in [-0.1, -0.05) is 104 Å². The second-order valence-corrected chi connectivity index (χ2v) is 13.0. The molecule has 5 aromatic rings. The van der Waals surface area contributed by atoms with Gasteiger partial charge in [0.2, 0.25) is 5.91 Å². The first-order valence-electron chi connectivity index (χ1n) is 17.3. The lowest BCUT2D eigenvalue weighted by molar-refractivity contribution is -0.139. The van der Waals surface area contributed by atoms with E-state index < -0.39 is 17.4 Å². The third-order valence-electron chi connectivity index (χ3n) is 9.67. The van der Waals surface area contributed by atoms with Gasteiger partial charge < -0.3 is 24.7 Å². The van der Waals surface area contributed by atoms with Gasteiger partial charge in [0.05, 0.1) is 30.1 Å². The van der Waals surface area contributed by atoms with Crippen molar-refractivity contribution >= 4 is 34.8 Å². The minimum absolute atomic E-state index is 0.0564. The zero-order valence-electron chi connectivity index (χ0n) is 28.8. The number of aliphatic hydroxyl groups excluding tert-OH is 1. The Kier molecular flexibility index (Phi) is 9.71. The molecule has 52 heavy (non-hydrogen) atoms. The summed E-state index contributed by atoms with van der Waals surface area (Å²) >= 11 is 0. The van der Waals surface area contributed by atoms with E-state index in [0.29, 0.717) is 46.2 Å². The van der Waals surface area contributed by atoms with Gasteiger partial charge in [-0.05, 0) is 53.6 Å². The van der Waals surface area contributed by atoms with E-state index in [2.05, 4.69) is 0 Å². The summed E-state index contributed by atoms with van der Waals surface area (Å²) in [6, 6.07) is 38.8. The van der Waals surface area contributed by atoms with E-state index >= 15 is 0 Å². The number of carbonyl (C=O) groups is 3.